The second kappa shape index (κ2) is 7.15. The second-order valence-electron chi connectivity index (χ2n) is 9.36. The van der Waals surface area contributed by atoms with Crippen LogP contribution in [0.25, 0.3) is 27.9 Å². The summed E-state index contributed by atoms with van der Waals surface area (Å²) in [7, 11) is 0. The predicted molar refractivity (Wildman–Crippen MR) is 123 cm³/mol. The molecule has 2 aliphatic rings. The molecule has 1 aliphatic carbocycles. The van der Waals surface area contributed by atoms with Crippen LogP contribution in [0.1, 0.15) is 47.7 Å². The van der Waals surface area contributed by atoms with Crippen LogP contribution in [-0.4, -0.2) is 40.3 Å². The van der Waals surface area contributed by atoms with E-state index in [1.54, 1.807) is 29.0 Å². The summed E-state index contributed by atoms with van der Waals surface area (Å²) in [6, 6.07) is 5.80. The highest BCUT2D eigenvalue weighted by atomic mass is 19.4. The summed E-state index contributed by atoms with van der Waals surface area (Å²) in [6.07, 6.45) is 1.40. The number of aryl methyl sites for hydroxylation is 1. The van der Waals surface area contributed by atoms with Gasteiger partial charge in [0.25, 0.3) is 5.56 Å². The predicted octanol–water partition coefficient (Wildman–Crippen LogP) is 3.44. The number of hydrogen-bond donors (Lipinski definition) is 2. The maximum Gasteiger partial charge on any atom is 0.409 e. The number of halogens is 3. The first kappa shape index (κ1) is 21.1. The molecule has 0 amide bonds. The first-order chi connectivity index (χ1) is 17.3. The van der Waals surface area contributed by atoms with Crippen molar-refractivity contribution in [1.82, 2.24) is 34.1 Å². The van der Waals surface area contributed by atoms with E-state index in [0.29, 0.717) is 34.6 Å². The van der Waals surface area contributed by atoms with Crippen LogP contribution in [0.4, 0.5) is 13.2 Å². The van der Waals surface area contributed by atoms with Crippen molar-refractivity contribution in [2.24, 2.45) is 0 Å². The summed E-state index contributed by atoms with van der Waals surface area (Å²) in [4.78, 5) is 37.3. The molecule has 0 bridgehead atoms. The van der Waals surface area contributed by atoms with Crippen molar-refractivity contribution in [3.8, 4) is 11.3 Å². The van der Waals surface area contributed by atoms with Gasteiger partial charge < -0.3 is 9.55 Å². The average molecular weight is 493 g/mol. The van der Waals surface area contributed by atoms with Crippen LogP contribution >= 0.6 is 0 Å². The number of fused-ring (bicyclic) bond motifs is 4. The Morgan fingerprint density at radius 2 is 1.97 bits per heavy atom. The van der Waals surface area contributed by atoms with E-state index in [1.807, 2.05) is 12.1 Å². The maximum atomic E-state index is 13.6. The molecule has 0 saturated heterocycles. The van der Waals surface area contributed by atoms with Gasteiger partial charge in [-0.3, -0.25) is 9.78 Å². The Balaban J connectivity index is 1.29. The Bertz CT molecular complexity index is 1800. The third-order valence-corrected chi connectivity index (χ3v) is 7.22. The standard InChI is InChI=1S/C24H18F3N7O2/c25-24(26,27)19-3-4-20-30-16-2-1-11(7-18(16)34(19)20)12-8-13(12)14-9-17(32-33-6-5-28-21(14)33)15-10-29-23(36)31-22(15)35/h1-2,5-7,9-10,12-13,19H,3-4,8H2,(H2,29,31,35,36)/t12-,13+,19+/m1/s1. The molecule has 1 aliphatic heterocycles. The van der Waals surface area contributed by atoms with Crippen molar-refractivity contribution in [3.63, 3.8) is 0 Å². The number of rotatable bonds is 3. The maximum absolute atomic E-state index is 13.6. The fourth-order valence-corrected chi connectivity index (χ4v) is 5.47. The van der Waals surface area contributed by atoms with Gasteiger partial charge in [0.15, 0.2) is 5.65 Å². The lowest BCUT2D eigenvalue weighted by Crippen LogP contribution is -2.23. The third kappa shape index (κ3) is 3.13. The van der Waals surface area contributed by atoms with Crippen molar-refractivity contribution in [1.29, 1.82) is 0 Å². The molecule has 3 atom stereocenters. The average Bonchev–Trinajstić information content (AvgIpc) is 3.14. The number of aromatic amines is 2. The number of hydrogen-bond acceptors (Lipinski definition) is 5. The normalized spacial score (nSPS) is 21.4. The Morgan fingerprint density at radius 1 is 1.11 bits per heavy atom. The van der Waals surface area contributed by atoms with Gasteiger partial charge in [-0.1, -0.05) is 6.07 Å². The van der Waals surface area contributed by atoms with Gasteiger partial charge in [-0.15, -0.1) is 0 Å². The third-order valence-electron chi connectivity index (χ3n) is 7.22. The van der Waals surface area contributed by atoms with Crippen molar-refractivity contribution in [3.05, 3.63) is 80.6 Å². The van der Waals surface area contributed by atoms with Crippen LogP contribution in [0.15, 0.2) is 52.4 Å². The summed E-state index contributed by atoms with van der Waals surface area (Å²) in [5, 5.41) is 4.46. The van der Waals surface area contributed by atoms with E-state index in [4.69, 9.17) is 0 Å². The highest BCUT2D eigenvalue weighted by molar-refractivity contribution is 5.78. The zero-order valence-corrected chi connectivity index (χ0v) is 18.6. The van der Waals surface area contributed by atoms with Crippen molar-refractivity contribution in [2.45, 2.75) is 43.3 Å². The molecular weight excluding hydrogens is 475 g/mol. The van der Waals surface area contributed by atoms with E-state index >= 15 is 0 Å². The number of H-pyrrole nitrogens is 2. The van der Waals surface area contributed by atoms with Crippen LogP contribution in [0.3, 0.4) is 0 Å². The number of aromatic nitrogens is 7. The van der Waals surface area contributed by atoms with Gasteiger partial charge in [-0.25, -0.2) is 19.3 Å². The lowest BCUT2D eigenvalue weighted by molar-refractivity contribution is -0.164. The van der Waals surface area contributed by atoms with Crippen molar-refractivity contribution < 1.29 is 13.2 Å². The van der Waals surface area contributed by atoms with Crippen LogP contribution < -0.4 is 11.2 Å². The number of nitrogens with zero attached hydrogens (tertiary/aromatic N) is 5. The van der Waals surface area contributed by atoms with Crippen LogP contribution in [-0.2, 0) is 6.42 Å². The van der Waals surface area contributed by atoms with E-state index in [9.17, 15) is 22.8 Å². The van der Waals surface area contributed by atoms with E-state index in [2.05, 4.69) is 25.0 Å². The topological polar surface area (TPSA) is 114 Å². The molecule has 182 valence electrons. The Kier molecular flexibility index (Phi) is 4.19. The number of imidazole rings is 2. The van der Waals surface area contributed by atoms with Crippen LogP contribution in [0.5, 0.6) is 0 Å². The molecule has 1 saturated carbocycles. The molecule has 1 fully saturated rings. The number of benzene rings is 1. The zero-order chi connectivity index (χ0) is 24.8. The molecule has 5 heterocycles. The van der Waals surface area contributed by atoms with Crippen molar-refractivity contribution >= 4 is 16.7 Å². The van der Waals surface area contributed by atoms with Gasteiger partial charge in [-0.2, -0.15) is 18.3 Å². The smallest absolute Gasteiger partial charge is 0.316 e. The first-order valence-electron chi connectivity index (χ1n) is 11.5. The lowest BCUT2D eigenvalue weighted by Gasteiger charge is -2.18. The second-order valence-corrected chi connectivity index (χ2v) is 9.36. The van der Waals surface area contributed by atoms with E-state index in [1.165, 1.54) is 10.8 Å². The fraction of sp³-hybridized carbons (Fsp3) is 0.292. The zero-order valence-electron chi connectivity index (χ0n) is 18.6. The van der Waals surface area contributed by atoms with Gasteiger partial charge >= 0.3 is 11.9 Å². The summed E-state index contributed by atoms with van der Waals surface area (Å²) >= 11 is 0. The van der Waals surface area contributed by atoms with Gasteiger partial charge in [0, 0.05) is 30.6 Å². The van der Waals surface area contributed by atoms with E-state index < -0.39 is 23.5 Å². The minimum absolute atomic E-state index is 0.0135. The van der Waals surface area contributed by atoms with Gasteiger partial charge in [0.1, 0.15) is 11.9 Å². The molecular formula is C24H18F3N7O2. The molecule has 1 aromatic carbocycles. The largest absolute Gasteiger partial charge is 0.409 e. The fourth-order valence-electron chi connectivity index (χ4n) is 5.47. The summed E-state index contributed by atoms with van der Waals surface area (Å²) in [6.45, 7) is 0. The molecule has 0 radical (unpaired) electrons. The minimum Gasteiger partial charge on any atom is -0.316 e. The molecule has 2 N–H and O–H groups in total. The molecule has 9 nitrogen and oxygen atoms in total. The van der Waals surface area contributed by atoms with E-state index in [0.717, 1.165) is 17.5 Å². The Morgan fingerprint density at radius 3 is 2.78 bits per heavy atom. The van der Waals surface area contributed by atoms with Gasteiger partial charge in [0.2, 0.25) is 0 Å². The minimum atomic E-state index is -4.32. The molecule has 4 aromatic heterocycles. The molecule has 36 heavy (non-hydrogen) atoms. The Labute approximate surface area is 199 Å². The number of alkyl halides is 3. The molecule has 12 heteroatoms. The quantitative estimate of drug-likeness (QED) is 0.400. The Hall–Kier alpha value is -4.22. The van der Waals surface area contributed by atoms with Crippen LogP contribution in [0.2, 0.25) is 0 Å². The summed E-state index contributed by atoms with van der Waals surface area (Å²) < 4.78 is 43.8. The van der Waals surface area contributed by atoms with E-state index in [-0.39, 0.29) is 23.8 Å². The highest BCUT2D eigenvalue weighted by Gasteiger charge is 2.46. The summed E-state index contributed by atoms with van der Waals surface area (Å²) in [5.41, 5.74) is 2.99. The lowest BCUT2D eigenvalue weighted by atomic mass is 10.0. The monoisotopic (exact) mass is 493 g/mol. The van der Waals surface area contributed by atoms with Gasteiger partial charge in [0.05, 0.1) is 22.3 Å². The van der Waals surface area contributed by atoms with Crippen LogP contribution in [0, 0.1) is 0 Å². The summed E-state index contributed by atoms with van der Waals surface area (Å²) in [5.74, 6) is 0.604. The van der Waals surface area contributed by atoms with Gasteiger partial charge in [-0.05, 0) is 48.4 Å². The molecule has 0 spiro atoms. The van der Waals surface area contributed by atoms with Crippen molar-refractivity contribution in [2.75, 3.05) is 0 Å². The number of nitrogens with one attached hydrogen (secondary N) is 2. The molecule has 7 rings (SSSR count). The molecule has 5 aromatic rings. The SMILES string of the molecule is O=c1[nH]cc(-c2cc([C@H]3C[C@@H]3c3ccc4nc5n(c4c3)[C@H](C(F)(F)F)CC5)c3nccn3n2)c(=O)[nH]1. The highest BCUT2D eigenvalue weighted by Crippen LogP contribution is 2.56. The first-order valence-corrected chi connectivity index (χ1v) is 11.5. The molecule has 0 unspecified atom stereocenters.